The fraction of sp³-hybridized carbons (Fsp3) is 0.889. The lowest BCUT2D eigenvalue weighted by Crippen LogP contribution is -2.42. The molecule has 0 aromatic rings. The lowest BCUT2D eigenvalue weighted by Gasteiger charge is -2.20. The van der Waals surface area contributed by atoms with Crippen LogP contribution in [0.25, 0.3) is 0 Å². The zero-order chi connectivity index (χ0) is 15.5. The molecule has 0 aliphatic carbocycles. The molecule has 0 heterocycles. The van der Waals surface area contributed by atoms with Gasteiger partial charge in [0.1, 0.15) is 6.10 Å². The normalized spacial score (nSPS) is 17.6. The van der Waals surface area contributed by atoms with E-state index in [4.69, 9.17) is 0 Å². The highest BCUT2D eigenvalue weighted by Crippen LogP contribution is 2.22. The van der Waals surface area contributed by atoms with Gasteiger partial charge in [0.2, 0.25) is 5.67 Å². The molecule has 10 heteroatoms. The highest BCUT2D eigenvalue weighted by atomic mass is 32.2. The molecule has 0 bridgehead atoms. The van der Waals surface area contributed by atoms with Crippen molar-refractivity contribution < 1.29 is 35.5 Å². The Balaban J connectivity index is 4.44. The maximum atomic E-state index is 13.4. The molecule has 0 aromatic carbocycles. The zero-order valence-electron chi connectivity index (χ0n) is 10.5. The maximum Gasteiger partial charge on any atom is 0.511 e. The van der Waals surface area contributed by atoms with E-state index in [9.17, 15) is 30.8 Å². The smallest absolute Gasteiger partial charge is 0.459 e. The van der Waals surface area contributed by atoms with Crippen molar-refractivity contribution in [1.82, 2.24) is 4.72 Å². The summed E-state index contributed by atoms with van der Waals surface area (Å²) in [5, 5.41) is 0. The second kappa shape index (κ2) is 6.04. The molecule has 2 atom stereocenters. The number of hydrogen-bond acceptors (Lipinski definition) is 4. The summed E-state index contributed by atoms with van der Waals surface area (Å²) in [4.78, 5) is 11.2. The minimum atomic E-state index is -5.50. The van der Waals surface area contributed by atoms with E-state index >= 15 is 0 Å². The molecule has 0 saturated carbocycles. The molecule has 0 aromatic heterocycles. The van der Waals surface area contributed by atoms with Crippen LogP contribution in [0.1, 0.15) is 27.2 Å². The van der Waals surface area contributed by atoms with Gasteiger partial charge in [0, 0.05) is 6.54 Å². The monoisotopic (exact) mass is 309 g/mol. The Morgan fingerprint density at radius 3 is 2.16 bits per heavy atom. The third-order valence-corrected chi connectivity index (χ3v) is 3.42. The molecule has 0 rings (SSSR count). The van der Waals surface area contributed by atoms with Crippen LogP contribution < -0.4 is 4.72 Å². The number of rotatable bonds is 6. The molecule has 0 radical (unpaired) electrons. The van der Waals surface area contributed by atoms with Crippen LogP contribution in [0.3, 0.4) is 0 Å². The largest absolute Gasteiger partial charge is 0.511 e. The number of ether oxygens (including phenoxy) is 1. The summed E-state index contributed by atoms with van der Waals surface area (Å²) >= 11 is 0. The second-order valence-corrected chi connectivity index (χ2v) is 5.82. The molecular formula is C9H15F4NO4S. The number of carbonyl (C=O) groups is 1. The number of alkyl halides is 4. The third-order valence-electron chi connectivity index (χ3n) is 2.26. The van der Waals surface area contributed by atoms with E-state index in [0.29, 0.717) is 0 Å². The molecule has 19 heavy (non-hydrogen) atoms. The fourth-order valence-corrected chi connectivity index (χ4v) is 1.42. The van der Waals surface area contributed by atoms with Crippen LogP contribution in [-0.4, -0.2) is 38.2 Å². The van der Waals surface area contributed by atoms with Gasteiger partial charge < -0.3 is 4.74 Å². The van der Waals surface area contributed by atoms with E-state index < -0.39 is 39.8 Å². The summed E-state index contributed by atoms with van der Waals surface area (Å²) in [5.41, 5.74) is -7.72. The van der Waals surface area contributed by atoms with Gasteiger partial charge >= 0.3 is 21.5 Å². The Kier molecular flexibility index (Phi) is 5.75. The molecule has 0 aliphatic heterocycles. The molecule has 0 amide bonds. The quantitative estimate of drug-likeness (QED) is 0.596. The Morgan fingerprint density at radius 2 is 1.79 bits per heavy atom. The molecule has 1 N–H and O–H groups in total. The lowest BCUT2D eigenvalue weighted by atomic mass is 10.1. The molecule has 0 spiro atoms. The Hall–Kier alpha value is -0.900. The van der Waals surface area contributed by atoms with Crippen LogP contribution in [0.2, 0.25) is 0 Å². The van der Waals surface area contributed by atoms with Gasteiger partial charge in [-0.15, -0.1) is 0 Å². The van der Waals surface area contributed by atoms with Gasteiger partial charge in [0.15, 0.2) is 0 Å². The number of esters is 1. The summed E-state index contributed by atoms with van der Waals surface area (Å²) in [6.45, 7) is 2.69. The Bertz CT molecular complexity index is 418. The van der Waals surface area contributed by atoms with Crippen molar-refractivity contribution in [2.45, 2.75) is 44.5 Å². The highest BCUT2D eigenvalue weighted by Gasteiger charge is 2.45. The van der Waals surface area contributed by atoms with Crippen molar-refractivity contribution in [3.05, 3.63) is 0 Å². The molecule has 0 fully saturated rings. The molecule has 2 unspecified atom stereocenters. The van der Waals surface area contributed by atoms with Crippen molar-refractivity contribution in [3.63, 3.8) is 0 Å². The first-order valence-corrected chi connectivity index (χ1v) is 6.77. The van der Waals surface area contributed by atoms with Gasteiger partial charge in [-0.25, -0.2) is 22.3 Å². The topological polar surface area (TPSA) is 72.5 Å². The number of sulfonamides is 1. The van der Waals surface area contributed by atoms with Crippen LogP contribution in [0.15, 0.2) is 0 Å². The number of halogens is 4. The average Bonchev–Trinajstić information content (AvgIpc) is 2.24. The van der Waals surface area contributed by atoms with Crippen molar-refractivity contribution in [3.8, 4) is 0 Å². The van der Waals surface area contributed by atoms with E-state index in [1.165, 1.54) is 11.6 Å². The lowest BCUT2D eigenvalue weighted by molar-refractivity contribution is -0.161. The number of nitrogens with one attached hydrogen (secondary N) is 1. The summed E-state index contributed by atoms with van der Waals surface area (Å²) in [7, 11) is -5.50. The first-order chi connectivity index (χ1) is 8.33. The van der Waals surface area contributed by atoms with Crippen molar-refractivity contribution in [2.75, 3.05) is 6.54 Å². The van der Waals surface area contributed by atoms with E-state index in [0.717, 1.165) is 13.8 Å². The molecular weight excluding hydrogens is 294 g/mol. The maximum absolute atomic E-state index is 13.4. The van der Waals surface area contributed by atoms with Crippen LogP contribution in [-0.2, 0) is 19.6 Å². The summed E-state index contributed by atoms with van der Waals surface area (Å²) in [6.07, 6.45) is -1.40. The van der Waals surface area contributed by atoms with Gasteiger partial charge in [-0.2, -0.15) is 13.2 Å². The van der Waals surface area contributed by atoms with Crippen LogP contribution in [0, 0.1) is 0 Å². The van der Waals surface area contributed by atoms with Gasteiger partial charge in [-0.3, -0.25) is 0 Å². The molecule has 0 saturated heterocycles. The average molecular weight is 309 g/mol. The van der Waals surface area contributed by atoms with E-state index in [1.54, 1.807) is 0 Å². The van der Waals surface area contributed by atoms with Crippen molar-refractivity contribution in [1.29, 1.82) is 0 Å². The van der Waals surface area contributed by atoms with Crippen molar-refractivity contribution in [2.24, 2.45) is 0 Å². The highest BCUT2D eigenvalue weighted by molar-refractivity contribution is 7.90. The van der Waals surface area contributed by atoms with E-state index in [2.05, 4.69) is 4.74 Å². The molecule has 0 aliphatic rings. The predicted molar refractivity (Wildman–Crippen MR) is 58.3 cm³/mol. The number of hydrogen-bond donors (Lipinski definition) is 1. The second-order valence-electron chi connectivity index (χ2n) is 4.06. The fourth-order valence-electron chi connectivity index (χ4n) is 0.800. The first kappa shape index (κ1) is 18.1. The minimum Gasteiger partial charge on any atom is -0.459 e. The zero-order valence-corrected chi connectivity index (χ0v) is 11.4. The predicted octanol–water partition coefficient (Wildman–Crippen LogP) is 1.50. The van der Waals surface area contributed by atoms with Gasteiger partial charge in [0.05, 0.1) is 0 Å². The Labute approximate surface area is 108 Å². The van der Waals surface area contributed by atoms with Crippen LogP contribution >= 0.6 is 0 Å². The van der Waals surface area contributed by atoms with E-state index in [1.807, 2.05) is 0 Å². The minimum absolute atomic E-state index is 0.174. The third kappa shape index (κ3) is 5.31. The van der Waals surface area contributed by atoms with E-state index in [-0.39, 0.29) is 6.42 Å². The Morgan fingerprint density at radius 1 is 1.32 bits per heavy atom. The SMILES string of the molecule is CCC(C)(F)C(=O)OC(C)CNS(=O)(=O)C(F)(F)F. The molecule has 5 nitrogen and oxygen atoms in total. The van der Waals surface area contributed by atoms with Crippen molar-refractivity contribution >= 4 is 16.0 Å². The number of carbonyl (C=O) groups excluding carboxylic acids is 1. The molecule has 114 valence electrons. The first-order valence-electron chi connectivity index (χ1n) is 5.29. The summed E-state index contributed by atoms with van der Waals surface area (Å²) < 4.78 is 76.4. The standard InChI is InChI=1S/C9H15F4NO4S/c1-4-8(3,10)7(15)18-6(2)5-14-19(16,17)9(11,12)13/h6,14H,4-5H2,1-3H3. The van der Waals surface area contributed by atoms with Crippen LogP contribution in [0.4, 0.5) is 17.6 Å². The summed E-state index contributed by atoms with van der Waals surface area (Å²) in [5.74, 6) is -1.26. The summed E-state index contributed by atoms with van der Waals surface area (Å²) in [6, 6.07) is 0. The van der Waals surface area contributed by atoms with Gasteiger partial charge in [0.25, 0.3) is 0 Å². The van der Waals surface area contributed by atoms with Gasteiger partial charge in [-0.05, 0) is 20.3 Å². The van der Waals surface area contributed by atoms with Crippen LogP contribution in [0.5, 0.6) is 0 Å². The van der Waals surface area contributed by atoms with Gasteiger partial charge in [-0.1, -0.05) is 6.92 Å².